The smallest absolute Gasteiger partial charge is 0.265 e. The Morgan fingerprint density at radius 3 is 2.81 bits per heavy atom. The minimum atomic E-state index is -0.450. The number of carbonyl (C=O) groups excluding carboxylic acids is 1. The quantitative estimate of drug-likeness (QED) is 0.599. The molecule has 0 aliphatic carbocycles. The van der Waals surface area contributed by atoms with Gasteiger partial charge in [0.05, 0.1) is 29.7 Å². The first kappa shape index (κ1) is 16.6. The molecular weight excluding hydrogens is 346 g/mol. The number of pyridine rings is 2. The number of hydrogen-bond donors (Lipinski definition) is 1. The van der Waals surface area contributed by atoms with Crippen molar-refractivity contribution in [3.8, 4) is 0 Å². The maximum Gasteiger partial charge on any atom is 0.265 e. The summed E-state index contributed by atoms with van der Waals surface area (Å²) in [7, 11) is 0. The van der Waals surface area contributed by atoms with E-state index in [1.54, 1.807) is 37.5 Å². The molecule has 0 spiro atoms. The summed E-state index contributed by atoms with van der Waals surface area (Å²) in [4.78, 5) is 38.1. The highest BCUT2D eigenvalue weighted by molar-refractivity contribution is 6.12. The van der Waals surface area contributed by atoms with Crippen LogP contribution < -0.4 is 10.9 Å². The van der Waals surface area contributed by atoms with E-state index < -0.39 is 5.91 Å². The van der Waals surface area contributed by atoms with Crippen LogP contribution in [-0.4, -0.2) is 25.4 Å². The van der Waals surface area contributed by atoms with Gasteiger partial charge in [-0.15, -0.1) is 0 Å². The van der Waals surface area contributed by atoms with E-state index in [0.717, 1.165) is 0 Å². The summed E-state index contributed by atoms with van der Waals surface area (Å²) in [5.74, 6) is -0.125. The first-order valence-electron chi connectivity index (χ1n) is 8.23. The number of carbonyl (C=O) groups is 1. The third kappa shape index (κ3) is 3.20. The Kier molecular flexibility index (Phi) is 4.21. The van der Waals surface area contributed by atoms with Gasteiger partial charge in [-0.1, -0.05) is 6.07 Å². The van der Waals surface area contributed by atoms with Gasteiger partial charge in [0.1, 0.15) is 17.5 Å². The predicted molar refractivity (Wildman–Crippen MR) is 98.5 cm³/mol. The van der Waals surface area contributed by atoms with E-state index in [0.29, 0.717) is 17.1 Å². The highest BCUT2D eigenvalue weighted by Gasteiger charge is 2.23. The summed E-state index contributed by atoms with van der Waals surface area (Å²) in [6, 6.07) is 8.87. The fourth-order valence-electron chi connectivity index (χ4n) is 2.82. The molecule has 0 aliphatic heterocycles. The molecule has 0 radical (unpaired) electrons. The van der Waals surface area contributed by atoms with Crippen LogP contribution in [0.2, 0.25) is 0 Å². The molecule has 0 atom stereocenters. The van der Waals surface area contributed by atoms with Gasteiger partial charge in [-0.05, 0) is 31.2 Å². The molecule has 0 saturated carbocycles. The minimum Gasteiger partial charge on any atom is -0.442 e. The van der Waals surface area contributed by atoms with Crippen molar-refractivity contribution >= 4 is 22.7 Å². The number of hydrogen-bond acceptors (Lipinski definition) is 6. The lowest BCUT2D eigenvalue weighted by Crippen LogP contribution is -2.23. The molecule has 0 fully saturated rings. The molecular formula is C19H15N5O3. The van der Waals surface area contributed by atoms with Gasteiger partial charge in [0.15, 0.2) is 0 Å². The van der Waals surface area contributed by atoms with Crippen LogP contribution in [0.1, 0.15) is 21.8 Å². The van der Waals surface area contributed by atoms with Crippen molar-refractivity contribution in [2.75, 3.05) is 5.32 Å². The lowest BCUT2D eigenvalue weighted by molar-refractivity contribution is 0.102. The number of fused-ring (bicyclic) bond motifs is 1. The maximum atomic E-state index is 13.0. The van der Waals surface area contributed by atoms with Gasteiger partial charge >= 0.3 is 0 Å². The molecule has 1 N–H and O–H groups in total. The summed E-state index contributed by atoms with van der Waals surface area (Å²) in [5, 5.41) is 2.87. The van der Waals surface area contributed by atoms with E-state index >= 15 is 0 Å². The van der Waals surface area contributed by atoms with Gasteiger partial charge in [-0.25, -0.2) is 4.98 Å². The average Bonchev–Trinajstić information content (AvgIpc) is 3.02. The van der Waals surface area contributed by atoms with Crippen LogP contribution >= 0.6 is 0 Å². The Labute approximate surface area is 153 Å². The van der Waals surface area contributed by atoms with E-state index in [9.17, 15) is 9.59 Å². The van der Waals surface area contributed by atoms with Gasteiger partial charge in [-0.2, -0.15) is 0 Å². The zero-order valence-corrected chi connectivity index (χ0v) is 14.4. The molecule has 0 aliphatic rings. The van der Waals surface area contributed by atoms with Crippen LogP contribution in [0, 0.1) is 6.92 Å². The molecule has 4 aromatic rings. The SMILES string of the molecule is Cc1oc2ncn(Cc3ccccn3)c(=O)c2c1C(=O)Nc1cccnc1. The molecule has 8 nitrogen and oxygen atoms in total. The van der Waals surface area contributed by atoms with Gasteiger partial charge in [0, 0.05) is 12.4 Å². The van der Waals surface area contributed by atoms with E-state index in [4.69, 9.17) is 4.42 Å². The van der Waals surface area contributed by atoms with E-state index in [1.165, 1.54) is 17.1 Å². The number of nitrogens with zero attached hydrogens (tertiary/aromatic N) is 4. The zero-order valence-electron chi connectivity index (χ0n) is 14.4. The lowest BCUT2D eigenvalue weighted by Gasteiger charge is -2.06. The second-order valence-electron chi connectivity index (χ2n) is 5.91. The molecule has 4 heterocycles. The molecule has 8 heteroatoms. The lowest BCUT2D eigenvalue weighted by atomic mass is 10.1. The highest BCUT2D eigenvalue weighted by Crippen LogP contribution is 2.22. The second kappa shape index (κ2) is 6.83. The van der Waals surface area contributed by atoms with Crippen LogP contribution in [0.15, 0.2) is 64.5 Å². The number of nitrogens with one attached hydrogen (secondary N) is 1. The molecule has 134 valence electrons. The maximum absolute atomic E-state index is 13.0. The third-order valence-corrected chi connectivity index (χ3v) is 4.06. The molecule has 0 unspecified atom stereocenters. The van der Waals surface area contributed by atoms with E-state index in [-0.39, 0.29) is 28.8 Å². The molecule has 4 aromatic heterocycles. The first-order chi connectivity index (χ1) is 13.1. The van der Waals surface area contributed by atoms with Crippen LogP contribution in [0.4, 0.5) is 5.69 Å². The Morgan fingerprint density at radius 2 is 2.07 bits per heavy atom. The zero-order chi connectivity index (χ0) is 18.8. The molecule has 0 bridgehead atoms. The van der Waals surface area contributed by atoms with Crippen molar-refractivity contribution in [1.82, 2.24) is 19.5 Å². The van der Waals surface area contributed by atoms with Gasteiger partial charge < -0.3 is 9.73 Å². The molecule has 4 rings (SSSR count). The Bertz CT molecular complexity index is 1170. The van der Waals surface area contributed by atoms with Gasteiger partial charge in [-0.3, -0.25) is 24.1 Å². The third-order valence-electron chi connectivity index (χ3n) is 4.06. The Morgan fingerprint density at radius 1 is 1.19 bits per heavy atom. The van der Waals surface area contributed by atoms with Crippen LogP contribution in [-0.2, 0) is 6.54 Å². The number of furan rings is 1. The monoisotopic (exact) mass is 361 g/mol. The van der Waals surface area contributed by atoms with Gasteiger partial charge in [0.2, 0.25) is 5.71 Å². The standard InChI is InChI=1S/C19H15N5O3/c1-12-15(17(25)23-13-6-4-7-20-9-13)16-18(27-12)22-11-24(19(16)26)10-14-5-2-3-8-21-14/h2-9,11H,10H2,1H3,(H,23,25). The second-order valence-corrected chi connectivity index (χ2v) is 5.91. The van der Waals surface area contributed by atoms with Crippen LogP contribution in [0.3, 0.4) is 0 Å². The normalized spacial score (nSPS) is 10.9. The van der Waals surface area contributed by atoms with Crippen molar-refractivity contribution in [1.29, 1.82) is 0 Å². The topological polar surface area (TPSA) is 103 Å². The Hall–Kier alpha value is -3.81. The number of rotatable bonds is 4. The number of aryl methyl sites for hydroxylation is 1. The Balaban J connectivity index is 1.76. The highest BCUT2D eigenvalue weighted by atomic mass is 16.3. The summed E-state index contributed by atoms with van der Waals surface area (Å²) in [6.45, 7) is 1.87. The summed E-state index contributed by atoms with van der Waals surface area (Å²) >= 11 is 0. The van der Waals surface area contributed by atoms with Crippen LogP contribution in [0.25, 0.3) is 11.1 Å². The summed E-state index contributed by atoms with van der Waals surface area (Å²) < 4.78 is 6.93. The molecule has 1 amide bonds. The van der Waals surface area contributed by atoms with Crippen molar-refractivity contribution in [2.24, 2.45) is 0 Å². The largest absolute Gasteiger partial charge is 0.442 e. The summed E-state index contributed by atoms with van der Waals surface area (Å²) in [6.07, 6.45) is 6.17. The van der Waals surface area contributed by atoms with E-state index in [1.807, 2.05) is 12.1 Å². The molecule has 27 heavy (non-hydrogen) atoms. The number of amides is 1. The van der Waals surface area contributed by atoms with Crippen molar-refractivity contribution < 1.29 is 9.21 Å². The summed E-state index contributed by atoms with van der Waals surface area (Å²) in [5.41, 5.74) is 1.17. The first-order valence-corrected chi connectivity index (χ1v) is 8.23. The van der Waals surface area contributed by atoms with Crippen molar-refractivity contribution in [3.05, 3.63) is 82.6 Å². The fourth-order valence-corrected chi connectivity index (χ4v) is 2.82. The molecule has 0 aromatic carbocycles. The number of anilines is 1. The van der Waals surface area contributed by atoms with Crippen molar-refractivity contribution in [2.45, 2.75) is 13.5 Å². The predicted octanol–water partition coefficient (Wildman–Crippen LogP) is 2.39. The molecule has 0 saturated heterocycles. The average molecular weight is 361 g/mol. The van der Waals surface area contributed by atoms with Gasteiger partial charge in [0.25, 0.3) is 11.5 Å². The minimum absolute atomic E-state index is 0.131. The number of aromatic nitrogens is 4. The fraction of sp³-hybridized carbons (Fsp3) is 0.105. The van der Waals surface area contributed by atoms with Crippen molar-refractivity contribution in [3.63, 3.8) is 0 Å². The van der Waals surface area contributed by atoms with E-state index in [2.05, 4.69) is 20.3 Å². The van der Waals surface area contributed by atoms with Crippen LogP contribution in [0.5, 0.6) is 0 Å².